The summed E-state index contributed by atoms with van der Waals surface area (Å²) < 4.78 is -1.30. The van der Waals surface area contributed by atoms with E-state index in [0.717, 1.165) is 0 Å². The number of benzene rings is 2. The normalized spacial score (nSPS) is 26.5. The second kappa shape index (κ2) is 16.2. The standard InChI is InChI=1S/2C16H19N3O5S.3H2O/c2*1-16(2)11(15(23)24)19-13(22)10(14(19)25-16)18-12(21)9(17)7-3-5-8(20)6-4-7;;;/h2*3-6,9-11,14,20H,17H2,1-2H3,(H,18,21)(H,23,24);3*1H2/t2*9-,10-,11+,14-;;;/m11.../s1. The molecule has 6 rings (SSSR count). The Balaban J connectivity index is 0.000000347. The summed E-state index contributed by atoms with van der Waals surface area (Å²) in [6.07, 6.45) is 0. The number of aliphatic carboxylic acids is 2. The summed E-state index contributed by atoms with van der Waals surface area (Å²) in [4.78, 5) is 74.9. The summed E-state index contributed by atoms with van der Waals surface area (Å²) in [5.74, 6) is -3.88. The highest BCUT2D eigenvalue weighted by molar-refractivity contribution is 8.02. The summed E-state index contributed by atoms with van der Waals surface area (Å²) in [5.41, 5.74) is 12.8. The molecule has 4 amide bonds. The van der Waals surface area contributed by atoms with Gasteiger partial charge >= 0.3 is 11.9 Å². The van der Waals surface area contributed by atoms with Crippen LogP contribution in [0.4, 0.5) is 0 Å². The SMILES string of the molecule is CC1(C)S[C@@H]2[C@H](NC(=O)[C@H](N)c3ccc(O)cc3)C(=O)N2[C@H]1C(=O)O.CC1(C)S[C@@H]2[C@H](NC(=O)[C@H](N)c3ccc(O)cc3)C(=O)N2[C@H]1C(=O)O.O.O.O. The lowest BCUT2D eigenvalue weighted by atomic mass is 9.95. The molecule has 4 fully saturated rings. The molecule has 8 atom stereocenters. The number of phenolic OH excluding ortho intramolecular Hbond substituents is 2. The van der Waals surface area contributed by atoms with Crippen molar-refractivity contribution in [3.05, 3.63) is 59.7 Å². The molecule has 4 saturated heterocycles. The van der Waals surface area contributed by atoms with Crippen molar-refractivity contribution < 1.29 is 65.6 Å². The zero-order valence-electron chi connectivity index (χ0n) is 28.8. The molecule has 16 N–H and O–H groups in total. The molecule has 0 aliphatic carbocycles. The van der Waals surface area contributed by atoms with Crippen molar-refractivity contribution in [1.29, 1.82) is 0 Å². The number of nitrogens with one attached hydrogen (secondary N) is 2. The van der Waals surface area contributed by atoms with Gasteiger partial charge in [0, 0.05) is 9.49 Å². The number of thioether (sulfide) groups is 2. The maximum atomic E-state index is 12.3. The van der Waals surface area contributed by atoms with Crippen molar-refractivity contribution in [3.63, 3.8) is 0 Å². The highest BCUT2D eigenvalue weighted by Crippen LogP contribution is 2.52. The molecule has 292 valence electrons. The van der Waals surface area contributed by atoms with Crippen molar-refractivity contribution in [2.45, 2.75) is 84.2 Å². The molecule has 2 aromatic carbocycles. The number of carbonyl (C=O) groups excluding carboxylic acids is 4. The Morgan fingerprint density at radius 2 is 0.925 bits per heavy atom. The molecule has 2 aromatic rings. The van der Waals surface area contributed by atoms with E-state index < -0.39 is 92.1 Å². The molecule has 0 saturated carbocycles. The molecule has 0 aromatic heterocycles. The lowest BCUT2D eigenvalue weighted by molar-refractivity contribution is -0.161. The number of hydrogen-bond acceptors (Lipinski definition) is 12. The fourth-order valence-electron chi connectivity index (χ4n) is 6.44. The van der Waals surface area contributed by atoms with Gasteiger partial charge in [-0.25, -0.2) is 9.59 Å². The Labute approximate surface area is 311 Å². The molecule has 19 nitrogen and oxygen atoms in total. The van der Waals surface area contributed by atoms with Crippen LogP contribution in [-0.4, -0.2) is 127 Å². The van der Waals surface area contributed by atoms with E-state index in [-0.39, 0.29) is 27.9 Å². The van der Waals surface area contributed by atoms with E-state index in [1.54, 1.807) is 27.7 Å². The Morgan fingerprint density at radius 3 is 1.19 bits per heavy atom. The first kappa shape index (κ1) is 44.5. The summed E-state index contributed by atoms with van der Waals surface area (Å²) in [6, 6.07) is 6.41. The Morgan fingerprint density at radius 1 is 0.642 bits per heavy atom. The zero-order chi connectivity index (χ0) is 37.0. The van der Waals surface area contributed by atoms with Gasteiger partial charge in [-0.1, -0.05) is 24.3 Å². The van der Waals surface area contributed by atoms with Crippen LogP contribution in [0.3, 0.4) is 0 Å². The van der Waals surface area contributed by atoms with Crippen molar-refractivity contribution >= 4 is 59.1 Å². The predicted octanol–water partition coefficient (Wildman–Crippen LogP) is -2.43. The number of rotatable bonds is 8. The van der Waals surface area contributed by atoms with E-state index in [4.69, 9.17) is 11.5 Å². The minimum Gasteiger partial charge on any atom is -0.508 e. The van der Waals surface area contributed by atoms with Crippen LogP contribution in [0.2, 0.25) is 0 Å². The first-order valence-electron chi connectivity index (χ1n) is 15.4. The van der Waals surface area contributed by atoms with E-state index in [9.17, 15) is 49.2 Å². The summed E-state index contributed by atoms with van der Waals surface area (Å²) in [5, 5.41) is 41.7. The van der Waals surface area contributed by atoms with E-state index in [0.29, 0.717) is 11.1 Å². The average Bonchev–Trinajstić information content (AvgIpc) is 3.47. The number of phenols is 2. The highest BCUT2D eigenvalue weighted by atomic mass is 32.2. The van der Waals surface area contributed by atoms with Crippen LogP contribution in [0.15, 0.2) is 48.5 Å². The minimum atomic E-state index is -1.06. The third-order valence-corrected chi connectivity index (χ3v) is 12.2. The number of carboxylic acids is 2. The lowest BCUT2D eigenvalue weighted by Crippen LogP contribution is -2.71. The molecule has 0 bridgehead atoms. The van der Waals surface area contributed by atoms with Gasteiger partial charge < -0.3 is 68.8 Å². The first-order valence-corrected chi connectivity index (χ1v) is 17.2. The number of β-lactam (4-membered cyclic amide) rings is 2. The molecule has 0 radical (unpaired) electrons. The van der Waals surface area contributed by atoms with Gasteiger partial charge in [0.15, 0.2) is 0 Å². The van der Waals surface area contributed by atoms with Gasteiger partial charge in [-0.15, -0.1) is 23.5 Å². The number of nitrogens with two attached hydrogens (primary N) is 2. The van der Waals surface area contributed by atoms with Gasteiger partial charge in [0.2, 0.25) is 23.6 Å². The number of carboxylic acid groups (broad SMARTS) is 2. The topological polar surface area (TPSA) is 360 Å². The predicted molar refractivity (Wildman–Crippen MR) is 192 cm³/mol. The minimum absolute atomic E-state index is 0. The van der Waals surface area contributed by atoms with Crippen molar-refractivity contribution in [2.24, 2.45) is 11.5 Å². The van der Waals surface area contributed by atoms with Crippen LogP contribution >= 0.6 is 23.5 Å². The molecule has 4 aliphatic rings. The summed E-state index contributed by atoms with van der Waals surface area (Å²) >= 11 is 2.71. The third-order valence-electron chi connectivity index (χ3n) is 9.01. The van der Waals surface area contributed by atoms with Gasteiger partial charge in [-0.05, 0) is 63.1 Å². The number of nitrogens with zero attached hydrogens (tertiary/aromatic N) is 2. The second-order valence-electron chi connectivity index (χ2n) is 13.3. The number of amides is 4. The van der Waals surface area contributed by atoms with E-state index in [1.165, 1.54) is 81.9 Å². The summed E-state index contributed by atoms with van der Waals surface area (Å²) in [7, 11) is 0. The number of hydrogen-bond donors (Lipinski definition) is 8. The number of aromatic hydroxyl groups is 2. The molecule has 0 spiro atoms. The van der Waals surface area contributed by atoms with Crippen molar-refractivity contribution in [2.75, 3.05) is 0 Å². The van der Waals surface area contributed by atoms with E-state index >= 15 is 0 Å². The average molecular weight is 785 g/mol. The molecule has 53 heavy (non-hydrogen) atoms. The molecule has 4 heterocycles. The molecular formula is C32H44N6O13S2. The zero-order valence-corrected chi connectivity index (χ0v) is 30.5. The van der Waals surface area contributed by atoms with Gasteiger partial charge in [0.1, 0.15) is 58.5 Å². The second-order valence-corrected chi connectivity index (χ2v) is 16.8. The number of fused-ring (bicyclic) bond motifs is 2. The van der Waals surface area contributed by atoms with Gasteiger partial charge in [0.25, 0.3) is 0 Å². The van der Waals surface area contributed by atoms with Crippen LogP contribution < -0.4 is 22.1 Å². The quantitative estimate of drug-likeness (QED) is 0.129. The van der Waals surface area contributed by atoms with Crippen LogP contribution in [0.25, 0.3) is 0 Å². The maximum absolute atomic E-state index is 12.3. The van der Waals surface area contributed by atoms with Gasteiger partial charge in [0.05, 0.1) is 0 Å². The van der Waals surface area contributed by atoms with Crippen LogP contribution in [0.5, 0.6) is 11.5 Å². The maximum Gasteiger partial charge on any atom is 0.327 e. The smallest absolute Gasteiger partial charge is 0.327 e. The largest absolute Gasteiger partial charge is 0.508 e. The van der Waals surface area contributed by atoms with Crippen LogP contribution in [0.1, 0.15) is 50.9 Å². The van der Waals surface area contributed by atoms with Crippen molar-refractivity contribution in [1.82, 2.24) is 20.4 Å². The fraction of sp³-hybridized carbons (Fsp3) is 0.438. The monoisotopic (exact) mass is 784 g/mol. The van der Waals surface area contributed by atoms with Gasteiger partial charge in [-0.2, -0.15) is 0 Å². The van der Waals surface area contributed by atoms with E-state index in [2.05, 4.69) is 10.6 Å². The van der Waals surface area contributed by atoms with E-state index in [1.807, 2.05) is 0 Å². The molecule has 4 aliphatic heterocycles. The molecule has 21 heteroatoms. The number of carbonyl (C=O) groups is 6. The van der Waals surface area contributed by atoms with Crippen molar-refractivity contribution in [3.8, 4) is 11.5 Å². The molecular weight excluding hydrogens is 741 g/mol. The van der Waals surface area contributed by atoms with Gasteiger partial charge in [-0.3, -0.25) is 19.2 Å². The first-order chi connectivity index (χ1) is 23.3. The van der Waals surface area contributed by atoms with Crippen LogP contribution in [0, 0.1) is 0 Å². The highest BCUT2D eigenvalue weighted by Gasteiger charge is 2.65. The van der Waals surface area contributed by atoms with Crippen LogP contribution in [-0.2, 0) is 28.8 Å². The lowest BCUT2D eigenvalue weighted by Gasteiger charge is -2.43. The Kier molecular flexibility index (Phi) is 13.6. The Bertz CT molecular complexity index is 1600. The Hall–Kier alpha value is -4.64. The molecule has 0 unspecified atom stereocenters. The fourth-order valence-corrected chi connectivity index (χ4v) is 9.69. The summed E-state index contributed by atoms with van der Waals surface area (Å²) in [6.45, 7) is 7.07. The third kappa shape index (κ3) is 8.15.